The number of amides is 1. The Morgan fingerprint density at radius 3 is 2.32 bits per heavy atom. The van der Waals surface area contributed by atoms with Crippen LogP contribution < -0.4 is 9.62 Å². The monoisotopic (exact) mass is 289 g/mol. The Kier molecular flexibility index (Phi) is 4.48. The van der Waals surface area contributed by atoms with Crippen molar-refractivity contribution in [3.05, 3.63) is 24.0 Å². The SMILES string of the molecule is CC(=O)N(C)c1ccc(F)cc1NS(=O)(=O)N(C)C. The van der Waals surface area contributed by atoms with Crippen molar-refractivity contribution in [1.29, 1.82) is 0 Å². The predicted molar refractivity (Wildman–Crippen MR) is 71.7 cm³/mol. The molecule has 0 unspecified atom stereocenters. The van der Waals surface area contributed by atoms with Gasteiger partial charge >= 0.3 is 10.2 Å². The summed E-state index contributed by atoms with van der Waals surface area (Å²) in [5.41, 5.74) is 0.283. The van der Waals surface area contributed by atoms with Gasteiger partial charge in [0.25, 0.3) is 0 Å². The van der Waals surface area contributed by atoms with Gasteiger partial charge in [0.1, 0.15) is 5.82 Å². The Balaban J connectivity index is 3.26. The predicted octanol–water partition coefficient (Wildman–Crippen LogP) is 1.03. The minimum atomic E-state index is -3.77. The van der Waals surface area contributed by atoms with Crippen molar-refractivity contribution in [3.63, 3.8) is 0 Å². The molecule has 0 aromatic heterocycles. The summed E-state index contributed by atoms with van der Waals surface area (Å²) in [4.78, 5) is 12.6. The zero-order chi connectivity index (χ0) is 14.8. The summed E-state index contributed by atoms with van der Waals surface area (Å²) in [7, 11) is 0.391. The van der Waals surface area contributed by atoms with E-state index in [0.29, 0.717) is 0 Å². The van der Waals surface area contributed by atoms with Gasteiger partial charge in [-0.15, -0.1) is 0 Å². The van der Waals surface area contributed by atoms with Gasteiger partial charge in [0.15, 0.2) is 0 Å². The molecule has 1 rings (SSSR count). The van der Waals surface area contributed by atoms with E-state index in [1.165, 1.54) is 39.0 Å². The second-order valence-corrected chi connectivity index (χ2v) is 6.01. The number of nitrogens with one attached hydrogen (secondary N) is 1. The van der Waals surface area contributed by atoms with Crippen LogP contribution in [0.25, 0.3) is 0 Å². The van der Waals surface area contributed by atoms with Crippen LogP contribution in [0.1, 0.15) is 6.92 Å². The standard InChI is InChI=1S/C11H16FN3O3S/c1-8(16)15(4)11-6-5-9(12)7-10(11)13-19(17,18)14(2)3/h5-7,13H,1-4H3. The van der Waals surface area contributed by atoms with Gasteiger partial charge in [-0.2, -0.15) is 12.7 Å². The van der Waals surface area contributed by atoms with Crippen molar-refractivity contribution in [2.75, 3.05) is 30.8 Å². The number of nitrogens with zero attached hydrogens (tertiary/aromatic N) is 2. The van der Waals surface area contributed by atoms with Crippen LogP contribution in [0.5, 0.6) is 0 Å². The molecule has 106 valence electrons. The third kappa shape index (κ3) is 3.65. The van der Waals surface area contributed by atoms with Crippen LogP contribution in [-0.4, -0.2) is 39.8 Å². The molecule has 0 aliphatic rings. The molecule has 0 saturated heterocycles. The first-order valence-electron chi connectivity index (χ1n) is 5.39. The van der Waals surface area contributed by atoms with Gasteiger partial charge in [0.2, 0.25) is 5.91 Å². The van der Waals surface area contributed by atoms with Gasteiger partial charge in [0.05, 0.1) is 11.4 Å². The van der Waals surface area contributed by atoms with Crippen molar-refractivity contribution in [2.45, 2.75) is 6.92 Å². The molecule has 0 bridgehead atoms. The first-order valence-corrected chi connectivity index (χ1v) is 6.83. The normalized spacial score (nSPS) is 11.5. The van der Waals surface area contributed by atoms with Crippen molar-refractivity contribution >= 4 is 27.5 Å². The Morgan fingerprint density at radius 2 is 1.84 bits per heavy atom. The van der Waals surface area contributed by atoms with Crippen LogP contribution in [0, 0.1) is 5.82 Å². The van der Waals surface area contributed by atoms with Crippen LogP contribution in [0.4, 0.5) is 15.8 Å². The molecule has 8 heteroatoms. The number of carbonyl (C=O) groups excluding carboxylic acids is 1. The summed E-state index contributed by atoms with van der Waals surface area (Å²) in [6.45, 7) is 1.33. The lowest BCUT2D eigenvalue weighted by Gasteiger charge is -2.21. The molecular weight excluding hydrogens is 273 g/mol. The number of anilines is 2. The molecule has 6 nitrogen and oxygen atoms in total. The van der Waals surface area contributed by atoms with E-state index in [0.717, 1.165) is 16.4 Å². The quantitative estimate of drug-likeness (QED) is 0.900. The summed E-state index contributed by atoms with van der Waals surface area (Å²) in [5.74, 6) is -0.894. The third-order valence-electron chi connectivity index (χ3n) is 2.51. The Labute approximate surface area is 112 Å². The molecule has 0 spiro atoms. The fraction of sp³-hybridized carbons (Fsp3) is 0.364. The van der Waals surface area contributed by atoms with E-state index in [4.69, 9.17) is 0 Å². The number of hydrogen-bond donors (Lipinski definition) is 1. The van der Waals surface area contributed by atoms with E-state index in [1.54, 1.807) is 0 Å². The van der Waals surface area contributed by atoms with E-state index >= 15 is 0 Å². The number of rotatable bonds is 4. The molecule has 0 atom stereocenters. The Hall–Kier alpha value is -1.67. The maximum atomic E-state index is 13.2. The summed E-state index contributed by atoms with van der Waals surface area (Å²) in [6, 6.07) is 3.52. The van der Waals surface area contributed by atoms with Crippen molar-refractivity contribution in [1.82, 2.24) is 4.31 Å². The molecule has 0 aliphatic heterocycles. The molecule has 19 heavy (non-hydrogen) atoms. The van der Waals surface area contributed by atoms with Crippen molar-refractivity contribution < 1.29 is 17.6 Å². The molecule has 0 radical (unpaired) electrons. The topological polar surface area (TPSA) is 69.7 Å². The highest BCUT2D eigenvalue weighted by Gasteiger charge is 2.18. The number of hydrogen-bond acceptors (Lipinski definition) is 3. The third-order valence-corrected chi connectivity index (χ3v) is 3.95. The average molecular weight is 289 g/mol. The highest BCUT2D eigenvalue weighted by Crippen LogP contribution is 2.27. The van der Waals surface area contributed by atoms with Gasteiger partial charge in [0, 0.05) is 34.1 Å². The second-order valence-electron chi connectivity index (χ2n) is 4.13. The lowest BCUT2D eigenvalue weighted by atomic mass is 10.2. The van der Waals surface area contributed by atoms with E-state index in [1.807, 2.05) is 0 Å². The van der Waals surface area contributed by atoms with E-state index in [-0.39, 0.29) is 17.3 Å². The minimum Gasteiger partial charge on any atom is -0.314 e. The summed E-state index contributed by atoms with van der Waals surface area (Å²) >= 11 is 0. The van der Waals surface area contributed by atoms with Crippen LogP contribution in [-0.2, 0) is 15.0 Å². The number of benzene rings is 1. The first kappa shape index (κ1) is 15.4. The smallest absolute Gasteiger partial charge is 0.301 e. The molecule has 1 amide bonds. The molecule has 1 N–H and O–H groups in total. The van der Waals surface area contributed by atoms with Crippen LogP contribution in [0.3, 0.4) is 0 Å². The van der Waals surface area contributed by atoms with Gasteiger partial charge in [-0.3, -0.25) is 9.52 Å². The minimum absolute atomic E-state index is 0.00593. The van der Waals surface area contributed by atoms with Gasteiger partial charge in [-0.05, 0) is 12.1 Å². The maximum Gasteiger partial charge on any atom is 0.301 e. The zero-order valence-electron chi connectivity index (χ0n) is 11.1. The van der Waals surface area contributed by atoms with E-state index in [2.05, 4.69) is 4.72 Å². The molecule has 0 aliphatic carbocycles. The molecule has 0 fully saturated rings. The number of halogens is 1. The molecule has 1 aromatic rings. The van der Waals surface area contributed by atoms with Crippen LogP contribution in [0.15, 0.2) is 18.2 Å². The van der Waals surface area contributed by atoms with Gasteiger partial charge in [-0.1, -0.05) is 0 Å². The summed E-state index contributed by atoms with van der Waals surface area (Å²) < 4.78 is 39.9. The Bertz CT molecular complexity index is 587. The van der Waals surface area contributed by atoms with Crippen molar-refractivity contribution in [3.8, 4) is 0 Å². The van der Waals surface area contributed by atoms with E-state index < -0.39 is 16.0 Å². The Morgan fingerprint density at radius 1 is 1.26 bits per heavy atom. The fourth-order valence-corrected chi connectivity index (χ4v) is 1.91. The average Bonchev–Trinajstić information content (AvgIpc) is 2.27. The zero-order valence-corrected chi connectivity index (χ0v) is 12.0. The van der Waals surface area contributed by atoms with Crippen molar-refractivity contribution in [2.24, 2.45) is 0 Å². The maximum absolute atomic E-state index is 13.2. The highest BCUT2D eigenvalue weighted by molar-refractivity contribution is 7.90. The van der Waals surface area contributed by atoms with Gasteiger partial charge < -0.3 is 4.90 Å². The van der Waals surface area contributed by atoms with Crippen LogP contribution in [0.2, 0.25) is 0 Å². The van der Waals surface area contributed by atoms with Crippen LogP contribution >= 0.6 is 0 Å². The van der Waals surface area contributed by atoms with Gasteiger partial charge in [-0.25, -0.2) is 4.39 Å². The molecule has 0 saturated carbocycles. The largest absolute Gasteiger partial charge is 0.314 e. The molecule has 1 aromatic carbocycles. The number of carbonyl (C=O) groups is 1. The fourth-order valence-electron chi connectivity index (χ4n) is 1.28. The second kappa shape index (κ2) is 5.54. The summed E-state index contributed by atoms with van der Waals surface area (Å²) in [5, 5.41) is 0. The molecule has 0 heterocycles. The summed E-state index contributed by atoms with van der Waals surface area (Å²) in [6.07, 6.45) is 0. The highest BCUT2D eigenvalue weighted by atomic mass is 32.2. The molecular formula is C11H16FN3O3S. The lowest BCUT2D eigenvalue weighted by Crippen LogP contribution is -2.30. The lowest BCUT2D eigenvalue weighted by molar-refractivity contribution is -0.116. The first-order chi connectivity index (χ1) is 8.65. The van der Waals surface area contributed by atoms with E-state index in [9.17, 15) is 17.6 Å².